The molecule has 0 aliphatic carbocycles. The predicted octanol–water partition coefficient (Wildman–Crippen LogP) is 4.90. The molecule has 0 aromatic heterocycles. The zero-order valence-electron chi connectivity index (χ0n) is 12.5. The number of amidine groups is 1. The number of halogens is 2. The third-order valence-corrected chi connectivity index (χ3v) is 4.93. The highest BCUT2D eigenvalue weighted by atomic mass is 35.5. The number of rotatable bonds is 2. The summed E-state index contributed by atoms with van der Waals surface area (Å²) in [6.45, 7) is 1.91. The third kappa shape index (κ3) is 3.75. The van der Waals surface area contributed by atoms with Gasteiger partial charge in [-0.15, -0.1) is 0 Å². The fraction of sp³-hybridized carbons (Fsp3) is 0.0588. The van der Waals surface area contributed by atoms with Gasteiger partial charge in [-0.25, -0.2) is 4.99 Å². The molecule has 2 N–H and O–H groups in total. The minimum Gasteiger partial charge on any atom is -0.506 e. The molecule has 4 nitrogen and oxygen atoms in total. The summed E-state index contributed by atoms with van der Waals surface area (Å²) in [5.74, 6) is -0.234. The average molecular weight is 379 g/mol. The molecule has 1 heterocycles. The average Bonchev–Trinajstić information content (AvgIpc) is 2.86. The van der Waals surface area contributed by atoms with Gasteiger partial charge in [0, 0.05) is 5.02 Å². The maximum Gasteiger partial charge on any atom is 0.264 e. The van der Waals surface area contributed by atoms with Crippen LogP contribution in [-0.2, 0) is 4.79 Å². The Morgan fingerprint density at radius 2 is 1.96 bits per heavy atom. The minimum atomic E-state index is -0.235. The van der Waals surface area contributed by atoms with Crippen LogP contribution in [0.25, 0.3) is 6.08 Å². The van der Waals surface area contributed by atoms with Crippen LogP contribution in [0, 0.1) is 6.92 Å². The van der Waals surface area contributed by atoms with Gasteiger partial charge in [-0.05, 0) is 60.2 Å². The number of aliphatic imine (C=N–C) groups is 1. The van der Waals surface area contributed by atoms with Crippen molar-refractivity contribution in [3.63, 3.8) is 0 Å². The van der Waals surface area contributed by atoms with Crippen LogP contribution in [-0.4, -0.2) is 16.2 Å². The zero-order chi connectivity index (χ0) is 17.3. The van der Waals surface area contributed by atoms with Gasteiger partial charge >= 0.3 is 0 Å². The van der Waals surface area contributed by atoms with Crippen molar-refractivity contribution in [3.8, 4) is 5.75 Å². The van der Waals surface area contributed by atoms with Crippen molar-refractivity contribution in [3.05, 3.63) is 62.5 Å². The number of aryl methyl sites for hydroxylation is 1. The van der Waals surface area contributed by atoms with E-state index in [-0.39, 0.29) is 16.7 Å². The second-order valence-corrected chi connectivity index (χ2v) is 6.97. The van der Waals surface area contributed by atoms with Crippen LogP contribution in [0.15, 0.2) is 46.3 Å². The van der Waals surface area contributed by atoms with Crippen LogP contribution < -0.4 is 5.32 Å². The number of benzene rings is 2. The van der Waals surface area contributed by atoms with E-state index in [9.17, 15) is 9.90 Å². The quantitative estimate of drug-likeness (QED) is 0.730. The van der Waals surface area contributed by atoms with Gasteiger partial charge in [-0.3, -0.25) is 4.79 Å². The SMILES string of the molecule is Cc1ccc(N=C2NC(=O)/C(=C/c3ccc(O)c(Cl)c3)S2)cc1Cl. The number of hydrogen-bond acceptors (Lipinski definition) is 4. The van der Waals surface area contributed by atoms with E-state index in [4.69, 9.17) is 23.2 Å². The van der Waals surface area contributed by atoms with Gasteiger partial charge in [0.15, 0.2) is 5.17 Å². The van der Waals surface area contributed by atoms with Gasteiger partial charge in [0.25, 0.3) is 5.91 Å². The second kappa shape index (κ2) is 6.89. The molecule has 1 saturated heterocycles. The number of nitrogens with zero attached hydrogens (tertiary/aromatic N) is 1. The molecular weight excluding hydrogens is 367 g/mol. The number of carbonyl (C=O) groups excluding carboxylic acids is 1. The fourth-order valence-electron chi connectivity index (χ4n) is 2.01. The van der Waals surface area contributed by atoms with Gasteiger partial charge < -0.3 is 10.4 Å². The molecule has 0 spiro atoms. The topological polar surface area (TPSA) is 61.7 Å². The maximum atomic E-state index is 12.1. The summed E-state index contributed by atoms with van der Waals surface area (Å²) >= 11 is 13.2. The molecule has 0 radical (unpaired) electrons. The smallest absolute Gasteiger partial charge is 0.264 e. The second-order valence-electron chi connectivity index (χ2n) is 5.13. The van der Waals surface area contributed by atoms with Crippen molar-refractivity contribution in [1.82, 2.24) is 5.32 Å². The number of carbonyl (C=O) groups is 1. The molecule has 2 aromatic rings. The van der Waals surface area contributed by atoms with Gasteiger partial charge in [0.05, 0.1) is 15.6 Å². The van der Waals surface area contributed by atoms with Gasteiger partial charge in [0.2, 0.25) is 0 Å². The minimum absolute atomic E-state index is 0.000782. The lowest BCUT2D eigenvalue weighted by atomic mass is 10.2. The molecule has 3 rings (SSSR count). The molecule has 24 heavy (non-hydrogen) atoms. The van der Waals surface area contributed by atoms with E-state index in [1.54, 1.807) is 24.3 Å². The van der Waals surface area contributed by atoms with E-state index in [0.29, 0.717) is 20.8 Å². The maximum absolute atomic E-state index is 12.1. The summed E-state index contributed by atoms with van der Waals surface area (Å²) in [4.78, 5) is 16.9. The van der Waals surface area contributed by atoms with Crippen molar-refractivity contribution in [1.29, 1.82) is 0 Å². The summed E-state index contributed by atoms with van der Waals surface area (Å²) in [5, 5.41) is 13.5. The molecule has 0 unspecified atom stereocenters. The number of phenols is 1. The molecule has 1 aliphatic heterocycles. The molecule has 7 heteroatoms. The monoisotopic (exact) mass is 378 g/mol. The van der Waals surface area contributed by atoms with E-state index in [2.05, 4.69) is 10.3 Å². The molecule has 0 bridgehead atoms. The predicted molar refractivity (Wildman–Crippen MR) is 100 cm³/mol. The number of amides is 1. The van der Waals surface area contributed by atoms with Crippen LogP contribution in [0.1, 0.15) is 11.1 Å². The molecule has 1 fully saturated rings. The Kier molecular flexibility index (Phi) is 4.85. The highest BCUT2D eigenvalue weighted by Gasteiger charge is 2.23. The zero-order valence-corrected chi connectivity index (χ0v) is 14.8. The summed E-state index contributed by atoms with van der Waals surface area (Å²) < 4.78 is 0. The lowest BCUT2D eigenvalue weighted by Gasteiger charge is -2.00. The van der Waals surface area contributed by atoms with Crippen molar-refractivity contribution < 1.29 is 9.90 Å². The Labute approximate surface area is 153 Å². The Morgan fingerprint density at radius 1 is 1.17 bits per heavy atom. The largest absolute Gasteiger partial charge is 0.506 e. The summed E-state index contributed by atoms with van der Waals surface area (Å²) in [6, 6.07) is 10.2. The van der Waals surface area contributed by atoms with Crippen LogP contribution in [0.5, 0.6) is 5.75 Å². The first-order chi connectivity index (χ1) is 11.4. The first-order valence-electron chi connectivity index (χ1n) is 6.96. The Bertz CT molecular complexity index is 894. The first-order valence-corrected chi connectivity index (χ1v) is 8.54. The molecule has 1 amide bonds. The van der Waals surface area contributed by atoms with E-state index < -0.39 is 0 Å². The lowest BCUT2D eigenvalue weighted by Crippen LogP contribution is -2.19. The lowest BCUT2D eigenvalue weighted by molar-refractivity contribution is -0.115. The molecule has 0 saturated carbocycles. The third-order valence-electron chi connectivity index (χ3n) is 3.31. The van der Waals surface area contributed by atoms with Gasteiger partial charge in [-0.1, -0.05) is 35.3 Å². The van der Waals surface area contributed by atoms with E-state index in [1.807, 2.05) is 19.1 Å². The van der Waals surface area contributed by atoms with Crippen LogP contribution in [0.2, 0.25) is 10.0 Å². The Morgan fingerprint density at radius 3 is 2.67 bits per heavy atom. The van der Waals surface area contributed by atoms with E-state index >= 15 is 0 Å². The van der Waals surface area contributed by atoms with Crippen LogP contribution >= 0.6 is 35.0 Å². The van der Waals surface area contributed by atoms with Crippen molar-refractivity contribution in [2.75, 3.05) is 0 Å². The van der Waals surface area contributed by atoms with Gasteiger partial charge in [-0.2, -0.15) is 0 Å². The summed E-state index contributed by atoms with van der Waals surface area (Å²) in [6.07, 6.45) is 1.69. The molecule has 0 atom stereocenters. The fourth-order valence-corrected chi connectivity index (χ4v) is 3.22. The Balaban J connectivity index is 1.84. The number of thioether (sulfide) groups is 1. The first kappa shape index (κ1) is 16.9. The van der Waals surface area contributed by atoms with Crippen molar-refractivity contribution >= 4 is 57.8 Å². The molecule has 2 aromatic carbocycles. The molecular formula is C17H12Cl2N2O2S. The molecule has 122 valence electrons. The normalized spacial score (nSPS) is 17.5. The highest BCUT2D eigenvalue weighted by Crippen LogP contribution is 2.31. The standard InChI is InChI=1S/C17H12Cl2N2O2S/c1-9-2-4-11(8-12(9)18)20-17-21-16(23)15(24-17)7-10-3-5-14(22)13(19)6-10/h2-8,22H,1H3,(H,20,21,23)/b15-7-. The number of phenolic OH excluding ortho intramolecular Hbond substituents is 1. The van der Waals surface area contributed by atoms with Crippen molar-refractivity contribution in [2.24, 2.45) is 4.99 Å². The van der Waals surface area contributed by atoms with Gasteiger partial charge in [0.1, 0.15) is 5.75 Å². The van der Waals surface area contributed by atoms with Crippen LogP contribution in [0.3, 0.4) is 0 Å². The van der Waals surface area contributed by atoms with Crippen molar-refractivity contribution in [2.45, 2.75) is 6.92 Å². The highest BCUT2D eigenvalue weighted by molar-refractivity contribution is 8.18. The Hall–Kier alpha value is -1.95. The number of nitrogens with one attached hydrogen (secondary N) is 1. The summed E-state index contributed by atoms with van der Waals surface area (Å²) in [7, 11) is 0. The van der Waals surface area contributed by atoms with E-state index in [0.717, 1.165) is 11.1 Å². The summed E-state index contributed by atoms with van der Waals surface area (Å²) in [5.41, 5.74) is 2.35. The molecule has 1 aliphatic rings. The van der Waals surface area contributed by atoms with E-state index in [1.165, 1.54) is 17.8 Å². The number of aromatic hydroxyl groups is 1. The number of hydrogen-bond donors (Lipinski definition) is 2. The van der Waals surface area contributed by atoms with Crippen LogP contribution in [0.4, 0.5) is 5.69 Å².